The van der Waals surface area contributed by atoms with Crippen LogP contribution < -0.4 is 32.2 Å². The van der Waals surface area contributed by atoms with Gasteiger partial charge in [0.05, 0.1) is 18.1 Å². The Bertz CT molecular complexity index is 1590. The van der Waals surface area contributed by atoms with Gasteiger partial charge in [-0.15, -0.1) is 15.6 Å². The molecule has 0 radical (unpaired) electrons. The molecule has 2 aliphatic rings. The maximum Gasteiger partial charge on any atom is 0.418 e. The van der Waals surface area contributed by atoms with Gasteiger partial charge in [0.25, 0.3) is 17.9 Å². The molecule has 2 amide bonds. The highest BCUT2D eigenvalue weighted by Gasteiger charge is 2.58. The van der Waals surface area contributed by atoms with Crippen LogP contribution in [0.25, 0.3) is 0 Å². The molecule has 21 heteroatoms. The lowest BCUT2D eigenvalue weighted by Gasteiger charge is -2.50. The normalized spacial score (nSPS) is 20.0. The number of nitrogens with one attached hydrogen (secondary N) is 3. The Morgan fingerprint density at radius 3 is 2.60 bits per heavy atom. The second kappa shape index (κ2) is 13.6. The lowest BCUT2D eigenvalue weighted by atomic mass is 9.84. The van der Waals surface area contributed by atoms with Gasteiger partial charge in [0, 0.05) is 18.5 Å². The first kappa shape index (κ1) is 33.3. The van der Waals surface area contributed by atoms with Gasteiger partial charge in [0.15, 0.2) is 16.8 Å². The van der Waals surface area contributed by atoms with Crippen LogP contribution in [0.4, 0.5) is 5.13 Å². The van der Waals surface area contributed by atoms with Gasteiger partial charge in [-0.2, -0.15) is 13.5 Å². The number of nitrogens with two attached hydrogens (primary N) is 2. The van der Waals surface area contributed by atoms with Crippen molar-refractivity contribution in [3.63, 3.8) is 0 Å². The molecule has 0 aliphatic carbocycles. The number of carboxylic acids is 1. The third kappa shape index (κ3) is 8.13. The van der Waals surface area contributed by atoms with Gasteiger partial charge in [0.1, 0.15) is 24.1 Å². The van der Waals surface area contributed by atoms with E-state index in [4.69, 9.17) is 25.6 Å². The van der Waals surface area contributed by atoms with Crippen molar-refractivity contribution < 1.29 is 46.3 Å². The molecule has 1 aromatic heterocycles. The highest BCUT2D eigenvalue weighted by Crippen LogP contribution is 2.33. The summed E-state index contributed by atoms with van der Waals surface area (Å²) in [6.07, 6.45) is -1.68. The highest BCUT2D eigenvalue weighted by atomic mass is 32.3. The van der Waals surface area contributed by atoms with E-state index in [2.05, 4.69) is 35.4 Å². The predicted molar refractivity (Wildman–Crippen MR) is 158 cm³/mol. The molecule has 1 saturated heterocycles. The van der Waals surface area contributed by atoms with Crippen LogP contribution in [0.3, 0.4) is 0 Å². The number of ether oxygens (including phenoxy) is 1. The number of nitrogen functional groups attached to an aromatic ring is 1. The number of carbonyl (C=O) groups excluding carboxylic acids is 2. The van der Waals surface area contributed by atoms with Crippen LogP contribution in [0.1, 0.15) is 31.1 Å². The maximum atomic E-state index is 13.2. The van der Waals surface area contributed by atoms with Gasteiger partial charge >= 0.3 is 16.4 Å². The van der Waals surface area contributed by atoms with E-state index in [1.807, 2.05) is 0 Å². The SMILES string of the molecule is CC1(C)[C@H](NC(=O)/C(=N\OC(COc2ccc(C3CN=C(NCCN)N3)cc2)C(=O)O)c2csc(N)n2)C(=O)N1OS(=O)(=O)O. The van der Waals surface area contributed by atoms with Crippen molar-refractivity contribution in [2.45, 2.75) is 37.6 Å². The summed E-state index contributed by atoms with van der Waals surface area (Å²) in [4.78, 5) is 51.1. The van der Waals surface area contributed by atoms with E-state index in [1.165, 1.54) is 19.2 Å². The lowest BCUT2D eigenvalue weighted by Crippen LogP contribution is -2.76. The van der Waals surface area contributed by atoms with Crippen molar-refractivity contribution in [2.24, 2.45) is 15.9 Å². The molecule has 2 aromatic rings. The monoisotopic (exact) mass is 669 g/mol. The van der Waals surface area contributed by atoms with E-state index in [0.717, 1.165) is 16.9 Å². The number of aliphatic carboxylic acids is 1. The van der Waals surface area contributed by atoms with Gasteiger partial charge < -0.3 is 42.1 Å². The van der Waals surface area contributed by atoms with Crippen LogP contribution in [0.15, 0.2) is 39.8 Å². The van der Waals surface area contributed by atoms with E-state index >= 15 is 0 Å². The first-order valence-corrected chi connectivity index (χ1v) is 15.4. The highest BCUT2D eigenvalue weighted by molar-refractivity contribution is 7.80. The molecule has 3 atom stereocenters. The standard InChI is InChI=1S/C24H31N9O10S2/c1-24(2)18(20(35)33(24)43-45(38,39)40)31-19(34)17(15-11-44-22(26)29-15)32-42-16(21(36)37)10-41-13-5-3-12(4-6-13)14-9-28-23(30-14)27-8-7-25/h3-6,11,14,16,18H,7-10,25H2,1-2H3,(H2,26,29)(H,31,34)(H,36,37)(H2,27,28,30)(H,38,39,40)/b32-17-/t14?,16?,18-/m1/s1. The van der Waals surface area contributed by atoms with Crippen LogP contribution >= 0.6 is 11.3 Å². The first-order chi connectivity index (χ1) is 21.2. The van der Waals surface area contributed by atoms with E-state index in [1.54, 1.807) is 24.3 Å². The van der Waals surface area contributed by atoms with E-state index in [0.29, 0.717) is 36.4 Å². The Morgan fingerprint density at radius 1 is 1.31 bits per heavy atom. The summed E-state index contributed by atoms with van der Waals surface area (Å²) in [5.74, 6) is -2.48. The first-order valence-electron chi connectivity index (χ1n) is 13.2. The van der Waals surface area contributed by atoms with Gasteiger partial charge in [-0.1, -0.05) is 17.3 Å². The fourth-order valence-electron chi connectivity index (χ4n) is 4.18. The molecule has 3 heterocycles. The predicted octanol–water partition coefficient (Wildman–Crippen LogP) is -1.63. The average Bonchev–Trinajstić information content (AvgIpc) is 3.64. The van der Waals surface area contributed by atoms with Crippen molar-refractivity contribution in [3.8, 4) is 5.75 Å². The number of aliphatic imine (C=N–C) groups is 1. The summed E-state index contributed by atoms with van der Waals surface area (Å²) in [5.41, 5.74) is 10.1. The average molecular weight is 670 g/mol. The topological polar surface area (TPSA) is 282 Å². The number of carboxylic acid groups (broad SMARTS) is 1. The van der Waals surface area contributed by atoms with Crippen LogP contribution in [-0.4, -0.2) is 102 Å². The maximum absolute atomic E-state index is 13.2. The molecule has 0 spiro atoms. The zero-order valence-corrected chi connectivity index (χ0v) is 25.5. The van der Waals surface area contributed by atoms with Crippen molar-refractivity contribution in [2.75, 3.05) is 32.0 Å². The van der Waals surface area contributed by atoms with Crippen molar-refractivity contribution in [1.29, 1.82) is 0 Å². The van der Waals surface area contributed by atoms with Crippen molar-refractivity contribution in [3.05, 3.63) is 40.9 Å². The molecule has 9 N–H and O–H groups in total. The summed E-state index contributed by atoms with van der Waals surface area (Å²) in [6.45, 7) is 3.79. The van der Waals surface area contributed by atoms with Gasteiger partial charge in [0.2, 0.25) is 0 Å². The second-order valence-electron chi connectivity index (χ2n) is 10.1. The third-order valence-electron chi connectivity index (χ3n) is 6.51. The Labute approximate surface area is 260 Å². The van der Waals surface area contributed by atoms with Crippen molar-refractivity contribution in [1.82, 2.24) is 26.0 Å². The Balaban J connectivity index is 1.41. The third-order valence-corrected chi connectivity index (χ3v) is 7.52. The number of hydroxylamine groups is 2. The van der Waals surface area contributed by atoms with Crippen LogP contribution in [0, 0.1) is 0 Å². The molecule has 19 nitrogen and oxygen atoms in total. The smallest absolute Gasteiger partial charge is 0.418 e. The number of hydrogen-bond acceptors (Lipinski definition) is 16. The molecule has 244 valence electrons. The summed E-state index contributed by atoms with van der Waals surface area (Å²) >= 11 is 0.957. The summed E-state index contributed by atoms with van der Waals surface area (Å²) < 4.78 is 40.9. The number of thiazole rings is 1. The molecule has 2 unspecified atom stereocenters. The molecule has 4 rings (SSSR count). The number of hydrogen-bond donors (Lipinski definition) is 7. The quantitative estimate of drug-likeness (QED) is 0.0514. The summed E-state index contributed by atoms with van der Waals surface area (Å²) in [5, 5.41) is 23.9. The van der Waals surface area contributed by atoms with E-state index in [-0.39, 0.29) is 16.9 Å². The van der Waals surface area contributed by atoms with Crippen LogP contribution in [-0.2, 0) is 33.9 Å². The minimum atomic E-state index is -5.01. The minimum Gasteiger partial charge on any atom is -0.489 e. The molecule has 0 bridgehead atoms. The molecule has 0 saturated carbocycles. The number of oxime groups is 1. The molecule has 2 aliphatic heterocycles. The fourth-order valence-corrected chi connectivity index (χ4v) is 5.18. The molecule has 45 heavy (non-hydrogen) atoms. The van der Waals surface area contributed by atoms with Gasteiger partial charge in [-0.25, -0.2) is 9.78 Å². The number of aromatic nitrogens is 1. The van der Waals surface area contributed by atoms with Gasteiger partial charge in [-0.05, 0) is 31.5 Å². The number of guanidine groups is 1. The van der Waals surface area contributed by atoms with Crippen LogP contribution in [0.5, 0.6) is 5.75 Å². The van der Waals surface area contributed by atoms with Crippen molar-refractivity contribution >= 4 is 56.3 Å². The zero-order valence-electron chi connectivity index (χ0n) is 23.9. The number of β-lactam (4-membered cyclic amide) rings is 1. The number of anilines is 1. The second-order valence-corrected chi connectivity index (χ2v) is 12.0. The molecular formula is C24H31N9O10S2. The fraction of sp³-hybridized carbons (Fsp3) is 0.417. The number of rotatable bonds is 14. The number of benzene rings is 1. The number of amides is 2. The molecular weight excluding hydrogens is 638 g/mol. The number of nitrogens with zero attached hydrogens (tertiary/aromatic N) is 4. The minimum absolute atomic E-state index is 0.0576. The summed E-state index contributed by atoms with van der Waals surface area (Å²) in [6, 6.07) is 5.50. The zero-order chi connectivity index (χ0) is 32.9. The molecule has 1 fully saturated rings. The van der Waals surface area contributed by atoms with Crippen LogP contribution in [0.2, 0.25) is 0 Å². The van der Waals surface area contributed by atoms with E-state index < -0.39 is 58.2 Å². The lowest BCUT2D eigenvalue weighted by molar-refractivity contribution is -0.218. The van der Waals surface area contributed by atoms with E-state index in [9.17, 15) is 27.9 Å². The number of carbonyl (C=O) groups is 3. The molecule has 1 aromatic carbocycles. The Morgan fingerprint density at radius 2 is 2.02 bits per heavy atom. The summed E-state index contributed by atoms with van der Waals surface area (Å²) in [7, 11) is -5.01. The Hall–Kier alpha value is -4.57. The largest absolute Gasteiger partial charge is 0.489 e. The van der Waals surface area contributed by atoms with Gasteiger partial charge in [-0.3, -0.25) is 19.1 Å². The Kier molecular flexibility index (Phi) is 10.1.